The molecule has 0 fully saturated rings. The van der Waals surface area contributed by atoms with Crippen molar-refractivity contribution in [3.05, 3.63) is 77.9 Å². The van der Waals surface area contributed by atoms with E-state index in [2.05, 4.69) is 17.4 Å². The first-order valence-corrected chi connectivity index (χ1v) is 13.0. The number of ether oxygens (including phenoxy) is 2. The summed E-state index contributed by atoms with van der Waals surface area (Å²) < 4.78 is 11.5. The summed E-state index contributed by atoms with van der Waals surface area (Å²) >= 11 is 0. The molecule has 0 aliphatic carbocycles. The maximum absolute atomic E-state index is 13.5. The molecule has 0 aromatic heterocycles. The van der Waals surface area contributed by atoms with Crippen LogP contribution in [-0.2, 0) is 31.9 Å². The first-order chi connectivity index (χ1) is 17.9. The number of nitrogens with two attached hydrogens (primary N) is 1. The van der Waals surface area contributed by atoms with Crippen LogP contribution in [0, 0.1) is 0 Å². The van der Waals surface area contributed by atoms with E-state index in [0.29, 0.717) is 44.8 Å². The van der Waals surface area contributed by atoms with Crippen molar-refractivity contribution >= 4 is 28.3 Å². The number of hydrogen-bond acceptors (Lipinski definition) is 5. The van der Waals surface area contributed by atoms with Gasteiger partial charge in [0.15, 0.2) is 6.29 Å². The molecule has 3 aromatic rings. The molecule has 37 heavy (non-hydrogen) atoms. The molecule has 3 N–H and O–H groups in total. The highest BCUT2D eigenvalue weighted by atomic mass is 16.7. The van der Waals surface area contributed by atoms with E-state index in [1.165, 1.54) is 5.56 Å². The first-order valence-electron chi connectivity index (χ1n) is 13.0. The monoisotopic (exact) mass is 505 g/mol. The minimum atomic E-state index is -0.643. The molecule has 1 atom stereocenters. The highest BCUT2D eigenvalue weighted by molar-refractivity contribution is 6.05. The molecule has 3 aromatic carbocycles. The van der Waals surface area contributed by atoms with Gasteiger partial charge >= 0.3 is 0 Å². The lowest BCUT2D eigenvalue weighted by atomic mass is 10.00. The van der Waals surface area contributed by atoms with Gasteiger partial charge < -0.3 is 25.4 Å². The van der Waals surface area contributed by atoms with E-state index in [9.17, 15) is 9.59 Å². The molecule has 0 radical (unpaired) electrons. The summed E-state index contributed by atoms with van der Waals surface area (Å²) in [6.45, 7) is 7.42. The Morgan fingerprint density at radius 3 is 2.27 bits per heavy atom. The van der Waals surface area contributed by atoms with Crippen LogP contribution in [0.2, 0.25) is 0 Å². The van der Waals surface area contributed by atoms with Crippen molar-refractivity contribution in [3.63, 3.8) is 0 Å². The molecule has 198 valence electrons. The van der Waals surface area contributed by atoms with Crippen molar-refractivity contribution in [2.24, 2.45) is 5.73 Å². The number of hydrogen-bond donors (Lipinski definition) is 2. The van der Waals surface area contributed by atoms with Crippen molar-refractivity contribution in [2.45, 2.75) is 52.4 Å². The standard InChI is InChI=1S/C30H39N3O4/c1-4-36-28(37-5-2)21-33(20-19-23-11-7-6-8-12-23)27(34)18-17-25-16-15-24-13-9-10-14-26(24)29(25)32-30(35)22(3)31/h6-16,22,28H,4-5,17-21,31H2,1-3H3,(H,32,35). The van der Waals surface area contributed by atoms with Gasteiger partial charge in [0.25, 0.3) is 0 Å². The van der Waals surface area contributed by atoms with E-state index in [-0.39, 0.29) is 11.8 Å². The smallest absolute Gasteiger partial charge is 0.241 e. The SMILES string of the molecule is CCOC(CN(CCc1ccccc1)C(=O)CCc1ccc2ccccc2c1NC(=O)C(C)N)OCC. The van der Waals surface area contributed by atoms with Gasteiger partial charge in [-0.25, -0.2) is 0 Å². The van der Waals surface area contributed by atoms with Crippen LogP contribution in [0.25, 0.3) is 10.8 Å². The van der Waals surface area contributed by atoms with Gasteiger partial charge in [-0.05, 0) is 50.1 Å². The molecule has 0 aliphatic rings. The van der Waals surface area contributed by atoms with E-state index in [1.54, 1.807) is 6.92 Å². The molecule has 0 spiro atoms. The van der Waals surface area contributed by atoms with Gasteiger partial charge in [0.1, 0.15) is 0 Å². The molecule has 1 unspecified atom stereocenters. The second kappa shape index (κ2) is 14.5. The van der Waals surface area contributed by atoms with Crippen LogP contribution in [0.3, 0.4) is 0 Å². The number of carbonyl (C=O) groups is 2. The van der Waals surface area contributed by atoms with E-state index in [1.807, 2.05) is 73.3 Å². The van der Waals surface area contributed by atoms with Gasteiger partial charge in [-0.1, -0.05) is 66.7 Å². The Labute approximate surface area is 219 Å². The Balaban J connectivity index is 1.79. The summed E-state index contributed by atoms with van der Waals surface area (Å²) in [4.78, 5) is 27.8. The predicted molar refractivity (Wildman–Crippen MR) is 148 cm³/mol. The number of benzene rings is 3. The van der Waals surface area contributed by atoms with Crippen LogP contribution in [0.5, 0.6) is 0 Å². The Morgan fingerprint density at radius 2 is 1.59 bits per heavy atom. The zero-order valence-electron chi connectivity index (χ0n) is 22.1. The Kier molecular flexibility index (Phi) is 11.1. The number of nitrogens with one attached hydrogen (secondary N) is 1. The second-order valence-corrected chi connectivity index (χ2v) is 9.01. The molecule has 0 aliphatic heterocycles. The number of fused-ring (bicyclic) bond motifs is 1. The summed E-state index contributed by atoms with van der Waals surface area (Å²) in [7, 11) is 0. The third-order valence-corrected chi connectivity index (χ3v) is 6.23. The van der Waals surface area contributed by atoms with Crippen molar-refractivity contribution < 1.29 is 19.1 Å². The van der Waals surface area contributed by atoms with Crippen LogP contribution in [0.15, 0.2) is 66.7 Å². The molecular formula is C30H39N3O4. The summed E-state index contributed by atoms with van der Waals surface area (Å²) in [6, 6.07) is 21.3. The van der Waals surface area contributed by atoms with Crippen molar-refractivity contribution in [2.75, 3.05) is 31.6 Å². The van der Waals surface area contributed by atoms with Gasteiger partial charge in [-0.15, -0.1) is 0 Å². The Hall–Kier alpha value is -3.26. The highest BCUT2D eigenvalue weighted by Gasteiger charge is 2.21. The number of nitrogens with zero attached hydrogens (tertiary/aromatic N) is 1. The minimum absolute atomic E-state index is 0.0120. The van der Waals surface area contributed by atoms with E-state index < -0.39 is 12.3 Å². The maximum Gasteiger partial charge on any atom is 0.241 e. The first kappa shape index (κ1) is 28.3. The number of amides is 2. The third kappa shape index (κ3) is 8.39. The quantitative estimate of drug-likeness (QED) is 0.314. The van der Waals surface area contributed by atoms with Gasteiger partial charge in [-0.2, -0.15) is 0 Å². The van der Waals surface area contributed by atoms with Crippen LogP contribution in [0.4, 0.5) is 5.69 Å². The summed E-state index contributed by atoms with van der Waals surface area (Å²) in [5.74, 6) is -0.248. The summed E-state index contributed by atoms with van der Waals surface area (Å²) in [5, 5.41) is 4.93. The van der Waals surface area contributed by atoms with E-state index in [4.69, 9.17) is 15.2 Å². The zero-order chi connectivity index (χ0) is 26.6. The number of carbonyl (C=O) groups excluding carboxylic acids is 2. The summed E-state index contributed by atoms with van der Waals surface area (Å²) in [6.07, 6.45) is 1.03. The molecular weight excluding hydrogens is 466 g/mol. The topological polar surface area (TPSA) is 93.9 Å². The molecule has 0 heterocycles. The normalized spacial score (nSPS) is 12.0. The molecule has 0 saturated carbocycles. The predicted octanol–water partition coefficient (Wildman–Crippen LogP) is 4.53. The lowest BCUT2D eigenvalue weighted by Crippen LogP contribution is -2.41. The average Bonchev–Trinajstić information content (AvgIpc) is 2.91. The molecule has 2 amide bonds. The maximum atomic E-state index is 13.5. The van der Waals surface area contributed by atoms with Crippen LogP contribution in [-0.4, -0.2) is 55.3 Å². The number of anilines is 1. The second-order valence-electron chi connectivity index (χ2n) is 9.01. The largest absolute Gasteiger partial charge is 0.351 e. The Bertz CT molecular complexity index is 1140. The van der Waals surface area contributed by atoms with Gasteiger partial charge in [0.05, 0.1) is 18.3 Å². The van der Waals surface area contributed by atoms with Gasteiger partial charge in [0.2, 0.25) is 11.8 Å². The molecule has 0 bridgehead atoms. The lowest BCUT2D eigenvalue weighted by Gasteiger charge is -2.28. The fraction of sp³-hybridized carbons (Fsp3) is 0.400. The molecule has 3 rings (SSSR count). The van der Waals surface area contributed by atoms with Crippen molar-refractivity contribution in [3.8, 4) is 0 Å². The number of aryl methyl sites for hydroxylation is 1. The number of rotatable bonds is 14. The van der Waals surface area contributed by atoms with Gasteiger partial charge in [-0.3, -0.25) is 9.59 Å². The Morgan fingerprint density at radius 1 is 0.919 bits per heavy atom. The van der Waals surface area contributed by atoms with Gasteiger partial charge in [0, 0.05) is 31.6 Å². The molecule has 7 heteroatoms. The summed E-state index contributed by atoms with van der Waals surface area (Å²) in [5.41, 5.74) is 8.60. The fourth-order valence-corrected chi connectivity index (χ4v) is 4.24. The average molecular weight is 506 g/mol. The molecule has 7 nitrogen and oxygen atoms in total. The third-order valence-electron chi connectivity index (χ3n) is 6.23. The van der Waals surface area contributed by atoms with E-state index >= 15 is 0 Å². The zero-order valence-corrected chi connectivity index (χ0v) is 22.1. The minimum Gasteiger partial charge on any atom is -0.351 e. The fourth-order valence-electron chi connectivity index (χ4n) is 4.24. The van der Waals surface area contributed by atoms with Crippen LogP contribution in [0.1, 0.15) is 38.3 Å². The van der Waals surface area contributed by atoms with Crippen LogP contribution < -0.4 is 11.1 Å². The lowest BCUT2D eigenvalue weighted by molar-refractivity contribution is -0.158. The van der Waals surface area contributed by atoms with E-state index in [0.717, 1.165) is 22.8 Å². The highest BCUT2D eigenvalue weighted by Crippen LogP contribution is 2.29. The van der Waals surface area contributed by atoms with Crippen molar-refractivity contribution in [1.29, 1.82) is 0 Å². The molecule has 0 saturated heterocycles. The van der Waals surface area contributed by atoms with Crippen molar-refractivity contribution in [1.82, 2.24) is 4.90 Å². The van der Waals surface area contributed by atoms with Crippen LogP contribution >= 0.6 is 0 Å².